The smallest absolute Gasteiger partial charge is 1.00 e. The van der Waals surface area contributed by atoms with Crippen LogP contribution >= 0.6 is 0 Å². The minimum absolute atomic E-state index is 0. The van der Waals surface area contributed by atoms with Gasteiger partial charge in [-0.3, -0.25) is 0 Å². The van der Waals surface area contributed by atoms with Gasteiger partial charge >= 0.3 is 19.5 Å². The summed E-state index contributed by atoms with van der Waals surface area (Å²) in [6, 6.07) is 0. The molecule has 0 saturated carbocycles. The van der Waals surface area contributed by atoms with Crippen LogP contribution in [0.25, 0.3) is 0 Å². The molecule has 0 aromatic heterocycles. The van der Waals surface area contributed by atoms with Crippen molar-refractivity contribution in [2.24, 2.45) is 0 Å². The number of carbonyl (C=O) groups is 1. The van der Waals surface area contributed by atoms with Gasteiger partial charge < -0.3 is 7.65 Å². The van der Waals surface area contributed by atoms with E-state index in [1.165, 1.54) is 0 Å². The molecule has 0 radical (unpaired) electrons. The van der Waals surface area contributed by atoms with Gasteiger partial charge in [0.15, 0.2) is 0 Å². The molecule has 0 N–H and O–H groups in total. The summed E-state index contributed by atoms with van der Waals surface area (Å²) in [5, 5.41) is 0. The summed E-state index contributed by atoms with van der Waals surface area (Å²) in [6.45, 7) is 2.00. The van der Waals surface area contributed by atoms with E-state index in [1.807, 2.05) is 6.79 Å². The Balaban J connectivity index is -0.000000000500. The Morgan fingerprint density at radius 1 is 1.20 bits per heavy atom. The van der Waals surface area contributed by atoms with Gasteiger partial charge in [0.1, 0.15) is 6.79 Å². The maximum Gasteiger partial charge on any atom is 4.00 e. The Morgan fingerprint density at radius 2 is 1.20 bits per heavy atom. The van der Waals surface area contributed by atoms with Gasteiger partial charge in [-0.15, -0.1) is 0 Å². The van der Waals surface area contributed by atoms with Crippen molar-refractivity contribution in [1.82, 2.24) is 0 Å². The van der Waals surface area contributed by atoms with Crippen molar-refractivity contribution < 1.29 is 27.1 Å². The molecule has 0 aromatic rings. The summed E-state index contributed by atoms with van der Waals surface area (Å²) in [5.74, 6) is 0. The van der Waals surface area contributed by atoms with E-state index in [4.69, 9.17) is 4.79 Å². The van der Waals surface area contributed by atoms with Crippen LogP contribution in [0.5, 0.6) is 0 Å². The maximum atomic E-state index is 8.00. The summed E-state index contributed by atoms with van der Waals surface area (Å²) < 4.78 is 0. The molecule has 4 heteroatoms. The first-order valence-corrected chi connectivity index (χ1v) is 0.289. The van der Waals surface area contributed by atoms with Crippen LogP contribution in [0.2, 0.25) is 0 Å². The molecule has 1 nitrogen and oxygen atoms in total. The van der Waals surface area contributed by atoms with E-state index in [0.717, 1.165) is 0 Å². The van der Waals surface area contributed by atoms with E-state index in [-0.39, 0.29) is 39.2 Å². The number of hydrogen-bond acceptors (Lipinski definition) is 1. The average Bonchev–Trinajstić information content (AvgIpc) is 1.00. The largest absolute Gasteiger partial charge is 4.00 e. The monoisotopic (exact) mass is 164 g/mol. The third-order valence-electron chi connectivity index (χ3n) is 0. The Bertz CT molecular complexity index is 15.7. The van der Waals surface area contributed by atoms with Crippen LogP contribution in [0.15, 0.2) is 0 Å². The molecule has 0 unspecified atom stereocenters. The third kappa shape index (κ3) is 145. The predicted molar refractivity (Wildman–Crippen MR) is 32.0 cm³/mol. The van der Waals surface area contributed by atoms with Gasteiger partial charge in [-0.1, -0.05) is 16.8 Å². The molecular weight excluding hydrogens is 151 g/mol. The van der Waals surface area contributed by atoms with Crippen LogP contribution < -0.4 is 0 Å². The van der Waals surface area contributed by atoms with Crippen LogP contribution in [0.3, 0.4) is 0 Å². The molecule has 0 heterocycles. The van der Waals surface area contributed by atoms with Crippen molar-refractivity contribution in [2.75, 3.05) is 0 Å². The van der Waals surface area contributed by atoms with Crippen LogP contribution in [0.1, 0.15) is 2.85 Å². The number of hydrogen-bond donors (Lipinski definition) is 0. The molecule has 0 bridgehead atoms. The Labute approximate surface area is 51.4 Å². The summed E-state index contributed by atoms with van der Waals surface area (Å²) in [6.07, 6.45) is 0. The molecule has 0 aliphatic carbocycles. The van der Waals surface area contributed by atoms with E-state index in [2.05, 4.69) is 0 Å². The molecule has 0 atom stereocenters. The van der Waals surface area contributed by atoms with Gasteiger partial charge in [0.25, 0.3) is 0 Å². The third-order valence-corrected chi connectivity index (χ3v) is 0. The summed E-state index contributed by atoms with van der Waals surface area (Å²) in [5.41, 5.74) is 0. The second-order valence-electron chi connectivity index (χ2n) is 0. The Kier molecular flexibility index (Phi) is 3030. The van der Waals surface area contributed by atoms with E-state index < -0.39 is 0 Å². The first-order valence-electron chi connectivity index (χ1n) is 0.289. The zero-order chi connectivity index (χ0) is 2.00. The number of rotatable bonds is 0. The second-order valence-corrected chi connectivity index (χ2v) is 0. The van der Waals surface area contributed by atoms with Crippen LogP contribution in [-0.2, 0) is 24.3 Å². The molecule has 36 valence electrons. The first kappa shape index (κ1) is 52.4. The van der Waals surface area contributed by atoms with Crippen molar-refractivity contribution in [1.29, 1.82) is 0 Å². The van der Waals surface area contributed by atoms with E-state index in [1.54, 1.807) is 0 Å². The molecule has 0 aliphatic heterocycles. The Morgan fingerprint density at radius 3 is 1.20 bits per heavy atom. The van der Waals surface area contributed by atoms with Crippen molar-refractivity contribution in [3.8, 4) is 0 Å². The van der Waals surface area contributed by atoms with Crippen LogP contribution in [0.4, 0.5) is 0 Å². The maximum absolute atomic E-state index is 8.00. The van der Waals surface area contributed by atoms with E-state index >= 15 is 0 Å². The molecule has 0 amide bonds. The fourth-order valence-electron chi connectivity index (χ4n) is 0. The van der Waals surface area contributed by atoms with E-state index in [0.29, 0.717) is 0 Å². The molecule has 0 aliphatic rings. The fourth-order valence-corrected chi connectivity index (χ4v) is 0. The first-order chi connectivity index (χ1) is 1.00. The minimum Gasteiger partial charge on any atom is -1.00 e. The van der Waals surface area contributed by atoms with Gasteiger partial charge in [-0.05, 0) is 0 Å². The zero-order valence-corrected chi connectivity index (χ0v) is 3.21. The fraction of sp³-hybridized carbons (Fsp3) is 0. The van der Waals surface area contributed by atoms with Gasteiger partial charge in [0.05, 0.1) is 0 Å². The zero-order valence-electron chi connectivity index (χ0n) is 3.47. The topological polar surface area (TPSA) is 17.1 Å². The van der Waals surface area contributed by atoms with Crippen molar-refractivity contribution in [2.45, 2.75) is 0 Å². The van der Waals surface area contributed by atoms with Gasteiger partial charge in [-0.25, -0.2) is 0 Å². The molecule has 0 saturated heterocycles. The van der Waals surface area contributed by atoms with Crippen molar-refractivity contribution >= 4 is 23.6 Å². The van der Waals surface area contributed by atoms with Gasteiger partial charge in [0.2, 0.25) is 0 Å². The standard InChI is InChI=1S/CH2O.2BH4.Ru.2H/c1-2;;;;;/h1H2;2*1H4;;;/q;2*-1;+4;2*-1. The second kappa shape index (κ2) is 289. The molecule has 0 spiro atoms. The minimum atomic E-state index is 0. The predicted octanol–water partition coefficient (Wildman–Crippen LogP) is -2.87. The Hall–Kier alpha value is 0.423. The summed E-state index contributed by atoms with van der Waals surface area (Å²) in [4.78, 5) is 8.00. The summed E-state index contributed by atoms with van der Waals surface area (Å²) in [7, 11) is 0. The molecule has 0 fully saturated rings. The SMILES string of the molecule is C=O.[BH4-].[BH4-].[H-].[H-].[Ru+4]. The normalized spacial score (nSPS) is 0.800. The van der Waals surface area contributed by atoms with Crippen LogP contribution in [0, 0.1) is 0 Å². The van der Waals surface area contributed by atoms with E-state index in [9.17, 15) is 0 Å². The number of carbonyl (C=O) groups excluding carboxylic acids is 1. The van der Waals surface area contributed by atoms with Gasteiger partial charge in [0, 0.05) is 0 Å². The molecular formula is CH12B2ORu. The van der Waals surface area contributed by atoms with Crippen molar-refractivity contribution in [3.63, 3.8) is 0 Å². The quantitative estimate of drug-likeness (QED) is 0.351. The average molecular weight is 163 g/mol. The van der Waals surface area contributed by atoms with Gasteiger partial charge in [-0.2, -0.15) is 0 Å². The molecule has 0 aromatic carbocycles. The summed E-state index contributed by atoms with van der Waals surface area (Å²) >= 11 is 0. The molecule has 5 heavy (non-hydrogen) atoms. The van der Waals surface area contributed by atoms with Crippen molar-refractivity contribution in [3.05, 3.63) is 0 Å². The molecule has 0 rings (SSSR count). The van der Waals surface area contributed by atoms with Crippen LogP contribution in [-0.4, -0.2) is 23.6 Å².